The van der Waals surface area contributed by atoms with E-state index in [0.717, 1.165) is 11.1 Å². The van der Waals surface area contributed by atoms with Crippen LogP contribution in [0.1, 0.15) is 25.0 Å². The van der Waals surface area contributed by atoms with Crippen molar-refractivity contribution in [3.8, 4) is 5.75 Å². The Hall–Kier alpha value is -1.14. The van der Waals surface area contributed by atoms with Gasteiger partial charge in [-0.25, -0.2) is 0 Å². The molecule has 0 aliphatic heterocycles. The number of benzene rings is 1. The number of methoxy groups -OCH3 is 2. The molecule has 5 heteroatoms. The maximum absolute atomic E-state index is 10.3. The van der Waals surface area contributed by atoms with E-state index in [9.17, 15) is 5.11 Å². The molecule has 0 aliphatic rings. The van der Waals surface area contributed by atoms with Crippen LogP contribution in [0.25, 0.3) is 0 Å². The lowest BCUT2D eigenvalue weighted by molar-refractivity contribution is -0.00331. The molecule has 0 saturated heterocycles. The van der Waals surface area contributed by atoms with Crippen LogP contribution in [0.2, 0.25) is 0 Å². The number of hydrogen-bond acceptors (Lipinski definition) is 5. The molecule has 1 rings (SSSR count). The molecule has 0 aromatic heterocycles. The number of ether oxygens (including phenoxy) is 4. The Kier molecular flexibility index (Phi) is 8.30. The largest absolute Gasteiger partial charge is 0.507 e. The Morgan fingerprint density at radius 2 is 1.33 bits per heavy atom. The van der Waals surface area contributed by atoms with Crippen LogP contribution in [0.4, 0.5) is 0 Å². The summed E-state index contributed by atoms with van der Waals surface area (Å²) < 4.78 is 21.3. The molecule has 1 N–H and O–H groups in total. The van der Waals surface area contributed by atoms with Crippen molar-refractivity contribution in [1.29, 1.82) is 0 Å². The van der Waals surface area contributed by atoms with E-state index < -0.39 is 0 Å². The molecule has 1 aromatic rings. The summed E-state index contributed by atoms with van der Waals surface area (Å²) in [6.45, 7) is 5.60. The zero-order valence-electron chi connectivity index (χ0n) is 13.3. The van der Waals surface area contributed by atoms with Crippen LogP contribution < -0.4 is 0 Å². The van der Waals surface area contributed by atoms with Gasteiger partial charge in [0.2, 0.25) is 0 Å². The third kappa shape index (κ3) is 6.44. The van der Waals surface area contributed by atoms with Crippen LogP contribution in [0, 0.1) is 0 Å². The molecule has 0 amide bonds. The van der Waals surface area contributed by atoms with E-state index in [2.05, 4.69) is 0 Å². The van der Waals surface area contributed by atoms with Gasteiger partial charge in [0.15, 0.2) is 0 Å². The van der Waals surface area contributed by atoms with Crippen LogP contribution in [0.5, 0.6) is 5.75 Å². The highest BCUT2D eigenvalue weighted by atomic mass is 16.5. The molecule has 2 atom stereocenters. The quantitative estimate of drug-likeness (QED) is 0.719. The zero-order valence-corrected chi connectivity index (χ0v) is 13.3. The number of phenols is 1. The summed E-state index contributed by atoms with van der Waals surface area (Å²) in [6, 6.07) is 5.58. The summed E-state index contributed by atoms with van der Waals surface area (Å²) in [7, 11) is 3.27. The Balaban J connectivity index is 2.57. The second-order valence-electron chi connectivity index (χ2n) is 5.08. The molecular weight excluding hydrogens is 272 g/mol. The molecule has 0 fully saturated rings. The second-order valence-corrected chi connectivity index (χ2v) is 5.08. The van der Waals surface area contributed by atoms with Gasteiger partial charge in [0.25, 0.3) is 0 Å². The Morgan fingerprint density at radius 3 is 1.71 bits per heavy atom. The monoisotopic (exact) mass is 298 g/mol. The van der Waals surface area contributed by atoms with E-state index >= 15 is 0 Å². The molecule has 0 saturated carbocycles. The van der Waals surface area contributed by atoms with Crippen molar-refractivity contribution >= 4 is 0 Å². The maximum Gasteiger partial charge on any atom is 0.126 e. The van der Waals surface area contributed by atoms with E-state index in [1.807, 2.05) is 32.0 Å². The average Bonchev–Trinajstić information content (AvgIpc) is 2.45. The van der Waals surface area contributed by atoms with Gasteiger partial charge in [0, 0.05) is 25.3 Å². The molecule has 1 aromatic carbocycles. The van der Waals surface area contributed by atoms with E-state index in [1.54, 1.807) is 14.2 Å². The molecule has 0 bridgehead atoms. The Morgan fingerprint density at radius 1 is 0.905 bits per heavy atom. The van der Waals surface area contributed by atoms with E-state index in [1.165, 1.54) is 0 Å². The lowest BCUT2D eigenvalue weighted by atomic mass is 10.1. The van der Waals surface area contributed by atoms with E-state index in [-0.39, 0.29) is 18.0 Å². The molecule has 0 radical (unpaired) electrons. The fourth-order valence-electron chi connectivity index (χ4n) is 1.91. The average molecular weight is 298 g/mol. The minimum Gasteiger partial charge on any atom is -0.507 e. The number of hydrogen-bond donors (Lipinski definition) is 1. The van der Waals surface area contributed by atoms with Crippen molar-refractivity contribution in [1.82, 2.24) is 0 Å². The van der Waals surface area contributed by atoms with Crippen molar-refractivity contribution in [3.63, 3.8) is 0 Å². The third-order valence-corrected chi connectivity index (χ3v) is 3.05. The molecule has 0 spiro atoms. The minimum atomic E-state index is -0.0176. The summed E-state index contributed by atoms with van der Waals surface area (Å²) >= 11 is 0. The van der Waals surface area contributed by atoms with Gasteiger partial charge >= 0.3 is 0 Å². The SMILES string of the molecule is COCC(C)OCc1cccc(COC(C)COC)c1O. The minimum absolute atomic E-state index is 0.0176. The first-order valence-electron chi connectivity index (χ1n) is 7.09. The van der Waals surface area contributed by atoms with Crippen molar-refractivity contribution in [2.45, 2.75) is 39.3 Å². The lowest BCUT2D eigenvalue weighted by Crippen LogP contribution is -2.15. The van der Waals surface area contributed by atoms with Crippen LogP contribution in [0.15, 0.2) is 18.2 Å². The first-order valence-corrected chi connectivity index (χ1v) is 7.09. The maximum atomic E-state index is 10.3. The van der Waals surface area contributed by atoms with E-state index in [4.69, 9.17) is 18.9 Å². The van der Waals surface area contributed by atoms with Gasteiger partial charge in [0.05, 0.1) is 38.6 Å². The predicted octanol–water partition coefficient (Wildman–Crippen LogP) is 2.50. The highest BCUT2D eigenvalue weighted by Crippen LogP contribution is 2.24. The second kappa shape index (κ2) is 9.73. The number of aromatic hydroxyl groups is 1. The first-order chi connectivity index (χ1) is 10.1. The normalized spacial score (nSPS) is 14.1. The van der Waals surface area contributed by atoms with Crippen molar-refractivity contribution in [2.75, 3.05) is 27.4 Å². The van der Waals surface area contributed by atoms with Crippen molar-refractivity contribution in [2.24, 2.45) is 0 Å². The van der Waals surface area contributed by atoms with Crippen LogP contribution in [0.3, 0.4) is 0 Å². The molecular formula is C16H26O5. The third-order valence-electron chi connectivity index (χ3n) is 3.05. The van der Waals surface area contributed by atoms with E-state index in [0.29, 0.717) is 26.4 Å². The fourth-order valence-corrected chi connectivity index (χ4v) is 1.91. The topological polar surface area (TPSA) is 57.2 Å². The highest BCUT2D eigenvalue weighted by molar-refractivity contribution is 5.39. The van der Waals surface area contributed by atoms with Gasteiger partial charge in [-0.3, -0.25) is 0 Å². The summed E-state index contributed by atoms with van der Waals surface area (Å²) in [5, 5.41) is 10.3. The molecule has 21 heavy (non-hydrogen) atoms. The molecule has 120 valence electrons. The van der Waals surface area contributed by atoms with Gasteiger partial charge in [-0.2, -0.15) is 0 Å². The van der Waals surface area contributed by atoms with Crippen LogP contribution >= 0.6 is 0 Å². The lowest BCUT2D eigenvalue weighted by Gasteiger charge is -2.16. The summed E-state index contributed by atoms with van der Waals surface area (Å²) in [4.78, 5) is 0. The molecule has 2 unspecified atom stereocenters. The smallest absolute Gasteiger partial charge is 0.126 e. The van der Waals surface area contributed by atoms with Crippen molar-refractivity contribution in [3.05, 3.63) is 29.3 Å². The van der Waals surface area contributed by atoms with Crippen LogP contribution in [-0.4, -0.2) is 44.7 Å². The summed E-state index contributed by atoms with van der Waals surface area (Å²) in [5.74, 6) is 0.228. The molecule has 0 aliphatic carbocycles. The Bertz CT molecular complexity index is 373. The molecule has 0 heterocycles. The fraction of sp³-hybridized carbons (Fsp3) is 0.625. The zero-order chi connectivity index (χ0) is 15.7. The number of rotatable bonds is 10. The molecule has 5 nitrogen and oxygen atoms in total. The van der Waals surface area contributed by atoms with Gasteiger partial charge in [0.1, 0.15) is 5.75 Å². The summed E-state index contributed by atoms with van der Waals surface area (Å²) in [5.41, 5.74) is 1.50. The van der Waals surface area contributed by atoms with Crippen molar-refractivity contribution < 1.29 is 24.1 Å². The number of para-hydroxylation sites is 1. The van der Waals surface area contributed by atoms with Gasteiger partial charge in [-0.15, -0.1) is 0 Å². The number of phenolic OH excluding ortho intramolecular Hbond substituents is 1. The van der Waals surface area contributed by atoms with Gasteiger partial charge in [-0.05, 0) is 13.8 Å². The van der Waals surface area contributed by atoms with Crippen LogP contribution in [-0.2, 0) is 32.2 Å². The first kappa shape index (κ1) is 17.9. The van der Waals surface area contributed by atoms with Gasteiger partial charge in [-0.1, -0.05) is 18.2 Å². The Labute approximate surface area is 126 Å². The predicted molar refractivity (Wildman–Crippen MR) is 80.4 cm³/mol. The summed E-state index contributed by atoms with van der Waals surface area (Å²) in [6.07, 6.45) is -0.0351. The standard InChI is InChI=1S/C16H26O5/c1-12(8-18-3)20-10-14-6-5-7-15(16(14)17)11-21-13(2)9-19-4/h5-7,12-13,17H,8-11H2,1-4H3. The van der Waals surface area contributed by atoms with Gasteiger partial charge < -0.3 is 24.1 Å². The highest BCUT2D eigenvalue weighted by Gasteiger charge is 2.10.